The third-order valence-corrected chi connectivity index (χ3v) is 6.60. The summed E-state index contributed by atoms with van der Waals surface area (Å²) in [5.74, 6) is -1.64. The molecule has 3 fully saturated rings. The Hall–Kier alpha value is -2.12. The predicted octanol–water partition coefficient (Wildman–Crippen LogP) is 1.99. The number of urea groups is 1. The van der Waals surface area contributed by atoms with Gasteiger partial charge in [-0.25, -0.2) is 9.80 Å². The van der Waals surface area contributed by atoms with Crippen molar-refractivity contribution in [3.05, 3.63) is 0 Å². The van der Waals surface area contributed by atoms with Gasteiger partial charge in [0.1, 0.15) is 6.04 Å². The van der Waals surface area contributed by atoms with Gasteiger partial charge in [0.2, 0.25) is 11.7 Å². The van der Waals surface area contributed by atoms with E-state index in [2.05, 4.69) is 10.7 Å². The topological polar surface area (TPSA) is 98.8 Å². The first kappa shape index (κ1) is 21.6. The molecule has 29 heavy (non-hydrogen) atoms. The summed E-state index contributed by atoms with van der Waals surface area (Å²) < 4.78 is 0. The van der Waals surface area contributed by atoms with Crippen LogP contribution in [0, 0.1) is 11.8 Å². The minimum Gasteiger partial charge on any atom is -0.345 e. The normalized spacial score (nSPS) is 22.9. The predicted molar refractivity (Wildman–Crippen MR) is 108 cm³/mol. The summed E-state index contributed by atoms with van der Waals surface area (Å²) in [4.78, 5) is 52.0. The van der Waals surface area contributed by atoms with Crippen molar-refractivity contribution in [1.82, 2.24) is 20.7 Å². The highest BCUT2D eigenvalue weighted by molar-refractivity contribution is 6.38. The van der Waals surface area contributed by atoms with Gasteiger partial charge in [-0.2, -0.15) is 0 Å². The number of hydrogen-bond acceptors (Lipinski definition) is 4. The molecule has 0 aromatic carbocycles. The molecule has 1 aliphatic heterocycles. The maximum atomic E-state index is 13.0. The van der Waals surface area contributed by atoms with Gasteiger partial charge in [-0.1, -0.05) is 44.9 Å². The number of hydrazine groups is 1. The van der Waals surface area contributed by atoms with Crippen molar-refractivity contribution in [1.29, 1.82) is 0 Å². The molecule has 2 aliphatic carbocycles. The van der Waals surface area contributed by atoms with Gasteiger partial charge < -0.3 is 10.2 Å². The van der Waals surface area contributed by atoms with E-state index in [4.69, 9.17) is 0 Å². The maximum absolute atomic E-state index is 13.0. The van der Waals surface area contributed by atoms with E-state index in [-0.39, 0.29) is 23.8 Å². The van der Waals surface area contributed by atoms with Gasteiger partial charge >= 0.3 is 11.9 Å². The van der Waals surface area contributed by atoms with Crippen molar-refractivity contribution in [2.75, 3.05) is 20.1 Å². The number of hydrogen-bond donors (Lipinski definition) is 2. The fraction of sp³-hybridized carbons (Fsp3) is 0.810. The molecular weight excluding hydrogens is 372 g/mol. The Balaban J connectivity index is 1.66. The molecule has 4 amide bonds. The van der Waals surface area contributed by atoms with E-state index in [1.54, 1.807) is 7.05 Å². The zero-order valence-electron chi connectivity index (χ0n) is 17.5. The van der Waals surface area contributed by atoms with Gasteiger partial charge in [0.25, 0.3) is 0 Å². The van der Waals surface area contributed by atoms with Crippen LogP contribution in [0.15, 0.2) is 0 Å². The van der Waals surface area contributed by atoms with Crippen molar-refractivity contribution >= 4 is 23.6 Å². The summed E-state index contributed by atoms with van der Waals surface area (Å²) in [5, 5.41) is 4.12. The lowest BCUT2D eigenvalue weighted by Crippen LogP contribution is -2.56. The maximum Gasteiger partial charge on any atom is 0.338 e. The molecule has 0 aromatic rings. The van der Waals surface area contributed by atoms with Crippen molar-refractivity contribution in [3.8, 4) is 0 Å². The highest BCUT2D eigenvalue weighted by Gasteiger charge is 2.37. The Morgan fingerprint density at radius 3 is 2.07 bits per heavy atom. The average molecular weight is 407 g/mol. The molecule has 162 valence electrons. The number of carbonyl (C=O) groups excluding carboxylic acids is 4. The number of nitrogens with one attached hydrogen (secondary N) is 2. The smallest absolute Gasteiger partial charge is 0.338 e. The second kappa shape index (κ2) is 10.1. The van der Waals surface area contributed by atoms with Crippen LogP contribution in [0.3, 0.4) is 0 Å². The number of carbonyl (C=O) groups is 4. The first-order valence-corrected chi connectivity index (χ1v) is 11.1. The number of amides is 4. The summed E-state index contributed by atoms with van der Waals surface area (Å²) in [5.41, 5.74) is 2.44. The van der Waals surface area contributed by atoms with Crippen LogP contribution >= 0.6 is 0 Å². The first-order chi connectivity index (χ1) is 14.0. The van der Waals surface area contributed by atoms with Gasteiger partial charge in [0, 0.05) is 19.5 Å². The number of rotatable bonds is 6. The largest absolute Gasteiger partial charge is 0.345 e. The zero-order valence-corrected chi connectivity index (χ0v) is 17.5. The van der Waals surface area contributed by atoms with Crippen LogP contribution in [0.5, 0.6) is 0 Å². The van der Waals surface area contributed by atoms with Crippen molar-refractivity contribution in [2.45, 2.75) is 76.7 Å². The molecular formula is C21H34N4O4. The van der Waals surface area contributed by atoms with E-state index in [1.807, 2.05) is 0 Å². The van der Waals surface area contributed by atoms with Crippen molar-refractivity contribution < 1.29 is 19.2 Å². The van der Waals surface area contributed by atoms with E-state index in [0.717, 1.165) is 70.6 Å². The molecule has 3 rings (SSSR count). The van der Waals surface area contributed by atoms with Crippen LogP contribution in [0.4, 0.5) is 4.79 Å². The number of nitrogens with zero attached hydrogens (tertiary/aromatic N) is 2. The summed E-state index contributed by atoms with van der Waals surface area (Å²) in [6.07, 6.45) is 10.8. The molecule has 3 aliphatic rings. The highest BCUT2D eigenvalue weighted by atomic mass is 16.2. The van der Waals surface area contributed by atoms with Crippen LogP contribution in [0.2, 0.25) is 0 Å². The second-order valence-corrected chi connectivity index (χ2v) is 8.73. The van der Waals surface area contributed by atoms with Crippen LogP contribution in [-0.2, 0) is 14.4 Å². The molecule has 2 saturated carbocycles. The Morgan fingerprint density at radius 2 is 1.48 bits per heavy atom. The van der Waals surface area contributed by atoms with Gasteiger partial charge in [-0.05, 0) is 31.6 Å². The van der Waals surface area contributed by atoms with E-state index in [9.17, 15) is 19.2 Å². The monoisotopic (exact) mass is 406 g/mol. The van der Waals surface area contributed by atoms with Gasteiger partial charge in [-0.15, -0.1) is 0 Å². The molecule has 0 aromatic heterocycles. The molecule has 8 nitrogen and oxygen atoms in total. The molecule has 1 saturated heterocycles. The third-order valence-electron chi connectivity index (χ3n) is 6.60. The van der Waals surface area contributed by atoms with Crippen molar-refractivity contribution in [3.63, 3.8) is 0 Å². The Labute approximate surface area is 172 Å². The summed E-state index contributed by atoms with van der Waals surface area (Å²) in [6, 6.07) is -1.13. The molecule has 1 heterocycles. The number of Topliss-reactive ketones (excluding diaryl/α,β-unsaturated/α-hetero) is 1. The highest BCUT2D eigenvalue weighted by Crippen LogP contribution is 2.28. The van der Waals surface area contributed by atoms with E-state index < -0.39 is 17.7 Å². The minimum absolute atomic E-state index is 0.0197. The Bertz CT molecular complexity index is 624. The van der Waals surface area contributed by atoms with E-state index in [0.29, 0.717) is 13.1 Å². The van der Waals surface area contributed by atoms with Crippen LogP contribution in [0.25, 0.3) is 0 Å². The van der Waals surface area contributed by atoms with Crippen molar-refractivity contribution in [2.24, 2.45) is 11.8 Å². The fourth-order valence-electron chi connectivity index (χ4n) is 4.75. The molecule has 1 atom stereocenters. The number of ketones is 1. The van der Waals surface area contributed by atoms with Crippen LogP contribution < -0.4 is 10.7 Å². The number of likely N-dealkylation sites (N-methyl/N-ethyl adjacent to an activating group) is 1. The molecule has 0 radical (unpaired) electrons. The fourth-order valence-corrected chi connectivity index (χ4v) is 4.75. The molecule has 1 unspecified atom stereocenters. The summed E-state index contributed by atoms with van der Waals surface area (Å²) in [6.45, 7) is 0.842. The second-order valence-electron chi connectivity index (χ2n) is 8.73. The van der Waals surface area contributed by atoms with Crippen LogP contribution in [-0.4, -0.2) is 59.7 Å². The lowest BCUT2D eigenvalue weighted by molar-refractivity contribution is -0.143. The quantitative estimate of drug-likeness (QED) is 0.520. The van der Waals surface area contributed by atoms with Gasteiger partial charge in [0.05, 0.1) is 6.54 Å². The first-order valence-electron chi connectivity index (χ1n) is 11.1. The standard InChI is InChI=1S/C21H34N4O4/c1-24-13-14-25(21(24)29)23-20(28)18(26)17(15-9-7-4-8-10-15)22-19(27)16-11-5-2-3-6-12-16/h15-17H,2-14H2,1H3,(H,22,27)(H,23,28). The molecule has 2 N–H and O–H groups in total. The van der Waals surface area contributed by atoms with E-state index in [1.165, 1.54) is 9.91 Å². The molecule has 0 spiro atoms. The minimum atomic E-state index is -0.814. The third kappa shape index (κ3) is 5.48. The lowest BCUT2D eigenvalue weighted by Gasteiger charge is -2.31. The SMILES string of the molecule is CN1CCN(NC(=O)C(=O)C(NC(=O)C2CCCCCC2)C2CCCCC2)C1=O. The Kier molecular flexibility index (Phi) is 7.50. The molecule has 8 heteroatoms. The van der Waals surface area contributed by atoms with E-state index >= 15 is 0 Å². The zero-order chi connectivity index (χ0) is 20.8. The molecule has 0 bridgehead atoms. The average Bonchev–Trinajstić information content (AvgIpc) is 2.94. The summed E-state index contributed by atoms with van der Waals surface area (Å²) >= 11 is 0. The lowest BCUT2D eigenvalue weighted by atomic mass is 9.81. The van der Waals surface area contributed by atoms with Crippen LogP contribution in [0.1, 0.15) is 70.6 Å². The van der Waals surface area contributed by atoms with Gasteiger partial charge in [-0.3, -0.25) is 19.8 Å². The summed E-state index contributed by atoms with van der Waals surface area (Å²) in [7, 11) is 1.65. The Morgan fingerprint density at radius 1 is 0.897 bits per heavy atom. The van der Waals surface area contributed by atoms with Gasteiger partial charge in [0.15, 0.2) is 0 Å².